The molecule has 3 aromatic rings. The van der Waals surface area contributed by atoms with Crippen LogP contribution in [0.25, 0.3) is 10.9 Å². The predicted molar refractivity (Wildman–Crippen MR) is 107 cm³/mol. The van der Waals surface area contributed by atoms with Gasteiger partial charge in [0.1, 0.15) is 5.69 Å². The molecular weight excluding hydrogens is 391 g/mol. The van der Waals surface area contributed by atoms with Crippen molar-refractivity contribution in [2.45, 2.75) is 24.8 Å². The maximum Gasteiger partial charge on any atom is 0.306 e. The first kappa shape index (κ1) is 18.3. The van der Waals surface area contributed by atoms with Gasteiger partial charge in [0.2, 0.25) is 5.82 Å². The molecule has 2 aromatic carbocycles. The number of amides is 2. The second-order valence-corrected chi connectivity index (χ2v) is 7.78. The molecule has 2 amide bonds. The summed E-state index contributed by atoms with van der Waals surface area (Å²) in [6.07, 6.45) is 3.00. The lowest BCUT2D eigenvalue weighted by molar-refractivity contribution is -0.387. The van der Waals surface area contributed by atoms with Crippen molar-refractivity contribution in [1.29, 1.82) is 0 Å². The summed E-state index contributed by atoms with van der Waals surface area (Å²) in [6.45, 7) is 0.568. The lowest BCUT2D eigenvalue weighted by Crippen LogP contribution is -2.55. The Labute approximate surface area is 169 Å². The van der Waals surface area contributed by atoms with E-state index in [1.807, 2.05) is 10.6 Å². The Hall–Kier alpha value is -3.75. The molecule has 1 aliphatic carbocycles. The van der Waals surface area contributed by atoms with Crippen LogP contribution in [0, 0.1) is 15.9 Å². The van der Waals surface area contributed by atoms with E-state index < -0.39 is 22.3 Å². The summed E-state index contributed by atoms with van der Waals surface area (Å²) in [6, 6.07) is 10.2. The van der Waals surface area contributed by atoms with Gasteiger partial charge in [0.25, 0.3) is 11.8 Å². The lowest BCUT2D eigenvalue weighted by Gasteiger charge is -2.47. The van der Waals surface area contributed by atoms with Crippen LogP contribution in [0.5, 0.6) is 0 Å². The Morgan fingerprint density at radius 3 is 2.70 bits per heavy atom. The molecule has 1 aliphatic heterocycles. The standard InChI is InChI=1S/C21H17FN4O4/c22-15-5-4-14(10-17(15)26(29)30)24-19(27)13-3-2-12-8-18-20(28)23-11-21(6-1-7-21)25(18)16(12)9-13/h2-5,8-10H,1,6-7,11H2,(H,23,28)(H,24,27). The van der Waals surface area contributed by atoms with Gasteiger partial charge in [0, 0.05) is 29.2 Å². The minimum Gasteiger partial charge on any atom is -0.348 e. The fourth-order valence-electron chi connectivity index (χ4n) is 4.35. The summed E-state index contributed by atoms with van der Waals surface area (Å²) < 4.78 is 15.6. The Bertz CT molecular complexity index is 1250. The molecule has 0 unspecified atom stereocenters. The molecule has 0 atom stereocenters. The summed E-state index contributed by atoms with van der Waals surface area (Å²) in [4.78, 5) is 35.2. The van der Waals surface area contributed by atoms with Crippen LogP contribution in [0.15, 0.2) is 42.5 Å². The van der Waals surface area contributed by atoms with E-state index in [1.54, 1.807) is 18.2 Å². The van der Waals surface area contributed by atoms with E-state index in [2.05, 4.69) is 10.6 Å². The number of nitro groups is 1. The van der Waals surface area contributed by atoms with Gasteiger partial charge in [-0.05, 0) is 49.6 Å². The monoisotopic (exact) mass is 408 g/mol. The molecule has 2 aliphatic rings. The third kappa shape index (κ3) is 2.66. The van der Waals surface area contributed by atoms with E-state index in [4.69, 9.17) is 0 Å². The molecule has 1 fully saturated rings. The smallest absolute Gasteiger partial charge is 0.306 e. The van der Waals surface area contributed by atoms with Crippen LogP contribution in [0.3, 0.4) is 0 Å². The zero-order valence-electron chi connectivity index (χ0n) is 15.8. The number of fused-ring (bicyclic) bond motifs is 4. The topological polar surface area (TPSA) is 106 Å². The van der Waals surface area contributed by atoms with E-state index in [9.17, 15) is 24.1 Å². The van der Waals surface area contributed by atoms with Crippen LogP contribution in [-0.4, -0.2) is 27.8 Å². The van der Waals surface area contributed by atoms with Gasteiger partial charge in [-0.15, -0.1) is 0 Å². The number of benzene rings is 2. The first-order valence-electron chi connectivity index (χ1n) is 9.57. The predicted octanol–water partition coefficient (Wildman–Crippen LogP) is 3.56. The lowest BCUT2D eigenvalue weighted by atomic mass is 9.75. The fraction of sp³-hybridized carbons (Fsp3) is 0.238. The molecule has 0 saturated heterocycles. The summed E-state index contributed by atoms with van der Waals surface area (Å²) in [5.41, 5.74) is 0.996. The van der Waals surface area contributed by atoms with Crippen molar-refractivity contribution in [3.63, 3.8) is 0 Å². The van der Waals surface area contributed by atoms with E-state index >= 15 is 0 Å². The molecular formula is C21H17FN4O4. The second-order valence-electron chi connectivity index (χ2n) is 7.78. The molecule has 1 saturated carbocycles. The number of aromatic nitrogens is 1. The van der Waals surface area contributed by atoms with Crippen LogP contribution in [-0.2, 0) is 5.54 Å². The zero-order valence-corrected chi connectivity index (χ0v) is 15.8. The van der Waals surface area contributed by atoms with Gasteiger partial charge in [-0.25, -0.2) is 0 Å². The highest BCUT2D eigenvalue weighted by atomic mass is 19.1. The van der Waals surface area contributed by atoms with Crippen molar-refractivity contribution >= 4 is 34.1 Å². The summed E-state index contributed by atoms with van der Waals surface area (Å²) in [7, 11) is 0. The van der Waals surface area contributed by atoms with E-state index in [1.165, 1.54) is 6.07 Å². The number of halogens is 1. The maximum atomic E-state index is 13.5. The number of carbonyl (C=O) groups excluding carboxylic acids is 2. The SMILES string of the molecule is O=C(Nc1ccc(F)c([N+](=O)[O-])c1)c1ccc2cc3n(c2c1)C1(CCC1)CNC3=O. The molecule has 1 aromatic heterocycles. The van der Waals surface area contributed by atoms with E-state index in [0.29, 0.717) is 17.8 Å². The van der Waals surface area contributed by atoms with Crippen molar-refractivity contribution in [3.05, 3.63) is 69.7 Å². The van der Waals surface area contributed by atoms with E-state index in [0.717, 1.165) is 42.3 Å². The average Bonchev–Trinajstić information content (AvgIpc) is 3.08. The van der Waals surface area contributed by atoms with Gasteiger partial charge in [-0.3, -0.25) is 19.7 Å². The number of nitrogens with zero attached hydrogens (tertiary/aromatic N) is 2. The highest BCUT2D eigenvalue weighted by Gasteiger charge is 2.44. The van der Waals surface area contributed by atoms with Crippen molar-refractivity contribution < 1.29 is 18.9 Å². The number of nitro benzene ring substituents is 1. The molecule has 1 spiro atoms. The third-order valence-corrected chi connectivity index (χ3v) is 6.04. The van der Waals surface area contributed by atoms with Crippen molar-refractivity contribution in [2.75, 3.05) is 11.9 Å². The van der Waals surface area contributed by atoms with Crippen molar-refractivity contribution in [3.8, 4) is 0 Å². The van der Waals surface area contributed by atoms with Crippen LogP contribution < -0.4 is 10.6 Å². The Morgan fingerprint density at radius 2 is 2.00 bits per heavy atom. The summed E-state index contributed by atoms with van der Waals surface area (Å²) >= 11 is 0. The van der Waals surface area contributed by atoms with Gasteiger partial charge in [0.15, 0.2) is 0 Å². The second kappa shape index (κ2) is 6.38. The van der Waals surface area contributed by atoms with Gasteiger partial charge >= 0.3 is 5.69 Å². The normalized spacial score (nSPS) is 16.6. The molecule has 2 N–H and O–H groups in total. The molecule has 0 radical (unpaired) electrons. The molecule has 0 bridgehead atoms. The Balaban J connectivity index is 1.52. The quantitative estimate of drug-likeness (QED) is 0.510. The van der Waals surface area contributed by atoms with Gasteiger partial charge in [0.05, 0.1) is 16.0 Å². The molecule has 152 valence electrons. The molecule has 30 heavy (non-hydrogen) atoms. The number of nitrogens with one attached hydrogen (secondary N) is 2. The molecule has 2 heterocycles. The van der Waals surface area contributed by atoms with Crippen LogP contribution >= 0.6 is 0 Å². The van der Waals surface area contributed by atoms with Crippen LogP contribution in [0.2, 0.25) is 0 Å². The van der Waals surface area contributed by atoms with Gasteiger partial charge in [-0.1, -0.05) is 6.07 Å². The van der Waals surface area contributed by atoms with Crippen LogP contribution in [0.4, 0.5) is 15.8 Å². The highest BCUT2D eigenvalue weighted by molar-refractivity contribution is 6.07. The summed E-state index contributed by atoms with van der Waals surface area (Å²) in [5, 5.41) is 17.3. The molecule has 8 nitrogen and oxygen atoms in total. The average molecular weight is 408 g/mol. The number of anilines is 1. The summed E-state index contributed by atoms with van der Waals surface area (Å²) in [5.74, 6) is -1.58. The minimum atomic E-state index is -0.969. The largest absolute Gasteiger partial charge is 0.348 e. The van der Waals surface area contributed by atoms with Gasteiger partial charge < -0.3 is 15.2 Å². The number of carbonyl (C=O) groups is 2. The Morgan fingerprint density at radius 1 is 1.20 bits per heavy atom. The molecule has 5 rings (SSSR count). The number of hydrogen-bond acceptors (Lipinski definition) is 4. The number of hydrogen-bond donors (Lipinski definition) is 2. The minimum absolute atomic E-state index is 0.125. The van der Waals surface area contributed by atoms with Crippen molar-refractivity contribution in [2.24, 2.45) is 0 Å². The van der Waals surface area contributed by atoms with Gasteiger partial charge in [-0.2, -0.15) is 4.39 Å². The maximum absolute atomic E-state index is 13.5. The van der Waals surface area contributed by atoms with Crippen molar-refractivity contribution in [1.82, 2.24) is 9.88 Å². The molecule has 9 heteroatoms. The van der Waals surface area contributed by atoms with E-state index in [-0.39, 0.29) is 17.1 Å². The first-order chi connectivity index (χ1) is 14.4. The third-order valence-electron chi connectivity index (χ3n) is 6.04. The highest BCUT2D eigenvalue weighted by Crippen LogP contribution is 2.44. The number of rotatable bonds is 3. The first-order valence-corrected chi connectivity index (χ1v) is 9.57. The Kier molecular flexibility index (Phi) is 3.89. The van der Waals surface area contributed by atoms with Crippen LogP contribution in [0.1, 0.15) is 40.1 Å². The zero-order chi connectivity index (χ0) is 21.0. The fourth-order valence-corrected chi connectivity index (χ4v) is 4.35.